The Morgan fingerprint density at radius 1 is 1.39 bits per heavy atom. The topological polar surface area (TPSA) is 119 Å². The molecule has 0 aliphatic carbocycles. The number of anilines is 1. The van der Waals surface area contributed by atoms with Gasteiger partial charge in [0.1, 0.15) is 10.6 Å². The predicted molar refractivity (Wildman–Crippen MR) is 74.3 cm³/mol. The minimum absolute atomic E-state index is 0.0900. The van der Waals surface area contributed by atoms with Crippen LogP contribution in [0.4, 0.5) is 18.9 Å². The molecule has 130 valence electrons. The largest absolute Gasteiger partial charge is 0.495 e. The Morgan fingerprint density at radius 2 is 1.96 bits per heavy atom. The van der Waals surface area contributed by atoms with E-state index in [1.165, 1.54) is 19.2 Å². The fourth-order valence-electron chi connectivity index (χ4n) is 1.59. The van der Waals surface area contributed by atoms with Gasteiger partial charge in [-0.05, 0) is 25.1 Å². The second-order valence-electron chi connectivity index (χ2n) is 4.91. The van der Waals surface area contributed by atoms with Crippen molar-refractivity contribution in [3.63, 3.8) is 0 Å². The molecule has 0 saturated carbocycles. The highest BCUT2D eigenvalue weighted by Crippen LogP contribution is 2.33. The summed E-state index contributed by atoms with van der Waals surface area (Å²) in [6.45, 7) is 0.455. The Hall–Kier alpha value is -1.85. The summed E-state index contributed by atoms with van der Waals surface area (Å²) in [4.78, 5) is 11.2. The van der Waals surface area contributed by atoms with Crippen LogP contribution in [-0.4, -0.2) is 38.3 Å². The Kier molecular flexibility index (Phi) is 5.29. The van der Waals surface area contributed by atoms with E-state index in [9.17, 15) is 31.5 Å². The quantitative estimate of drug-likeness (QED) is 0.727. The SMILES string of the molecule is COc1ccc(NC(=O)C[C@@](C)(O)C(F)(F)F)cc1S(N)(=O)=O. The predicted octanol–water partition coefficient (Wildman–Crippen LogP) is 0.984. The maximum absolute atomic E-state index is 12.5. The van der Waals surface area contributed by atoms with Crippen LogP contribution in [0.1, 0.15) is 13.3 Å². The van der Waals surface area contributed by atoms with Crippen LogP contribution in [-0.2, 0) is 14.8 Å². The van der Waals surface area contributed by atoms with Crippen LogP contribution >= 0.6 is 0 Å². The van der Waals surface area contributed by atoms with E-state index in [1.807, 2.05) is 0 Å². The molecule has 1 rings (SSSR count). The highest BCUT2D eigenvalue weighted by Gasteiger charge is 2.50. The molecule has 1 amide bonds. The molecular weight excluding hydrogens is 341 g/mol. The van der Waals surface area contributed by atoms with Crippen molar-refractivity contribution in [2.75, 3.05) is 12.4 Å². The van der Waals surface area contributed by atoms with Crippen molar-refractivity contribution in [1.82, 2.24) is 0 Å². The molecule has 0 aliphatic rings. The number of nitrogens with two attached hydrogens (primary N) is 1. The molecule has 11 heteroatoms. The molecule has 0 aliphatic heterocycles. The van der Waals surface area contributed by atoms with Gasteiger partial charge in [-0.3, -0.25) is 4.79 Å². The second-order valence-corrected chi connectivity index (χ2v) is 6.44. The van der Waals surface area contributed by atoms with Crippen molar-refractivity contribution in [3.8, 4) is 5.75 Å². The first-order valence-corrected chi connectivity index (χ1v) is 7.62. The summed E-state index contributed by atoms with van der Waals surface area (Å²) in [6.07, 6.45) is -6.25. The number of carbonyl (C=O) groups is 1. The number of carbonyl (C=O) groups excluding carboxylic acids is 1. The van der Waals surface area contributed by atoms with Crippen LogP contribution in [0.3, 0.4) is 0 Å². The Balaban J connectivity index is 3.01. The monoisotopic (exact) mass is 356 g/mol. The van der Waals surface area contributed by atoms with Gasteiger partial charge < -0.3 is 15.2 Å². The number of hydrogen-bond donors (Lipinski definition) is 3. The van der Waals surface area contributed by atoms with Gasteiger partial charge in [0.2, 0.25) is 15.9 Å². The first-order chi connectivity index (χ1) is 10.3. The van der Waals surface area contributed by atoms with Crippen LogP contribution in [0.5, 0.6) is 5.75 Å². The standard InChI is InChI=1S/C12H15F3N2O5S/c1-11(19,12(13,14)15)6-10(18)17-7-3-4-8(22-2)9(5-7)23(16,20)21/h3-5,19H,6H2,1-2H3,(H,17,18)(H2,16,20,21)/t11-/m1/s1. The van der Waals surface area contributed by atoms with Crippen molar-refractivity contribution in [2.45, 2.75) is 30.0 Å². The van der Waals surface area contributed by atoms with Gasteiger partial charge in [-0.2, -0.15) is 13.2 Å². The number of sulfonamides is 1. The summed E-state index contributed by atoms with van der Waals surface area (Å²) >= 11 is 0. The van der Waals surface area contributed by atoms with E-state index in [-0.39, 0.29) is 11.4 Å². The fourth-order valence-corrected chi connectivity index (χ4v) is 2.32. The zero-order valence-electron chi connectivity index (χ0n) is 12.1. The molecule has 23 heavy (non-hydrogen) atoms. The molecule has 1 atom stereocenters. The Bertz CT molecular complexity index is 701. The maximum atomic E-state index is 12.5. The normalized spacial score (nSPS) is 14.9. The number of rotatable bonds is 5. The number of aliphatic hydroxyl groups is 1. The molecule has 0 unspecified atom stereocenters. The van der Waals surface area contributed by atoms with Gasteiger partial charge in [-0.1, -0.05) is 0 Å². The van der Waals surface area contributed by atoms with E-state index in [2.05, 4.69) is 5.32 Å². The summed E-state index contributed by atoms with van der Waals surface area (Å²) in [6, 6.07) is 3.33. The van der Waals surface area contributed by atoms with Crippen LogP contribution in [0.25, 0.3) is 0 Å². The lowest BCUT2D eigenvalue weighted by molar-refractivity contribution is -0.252. The molecule has 0 aromatic heterocycles. The fraction of sp³-hybridized carbons (Fsp3) is 0.417. The van der Waals surface area contributed by atoms with Gasteiger partial charge in [0.05, 0.1) is 13.5 Å². The van der Waals surface area contributed by atoms with Crippen molar-refractivity contribution < 1.29 is 36.2 Å². The van der Waals surface area contributed by atoms with Crippen LogP contribution < -0.4 is 15.2 Å². The molecule has 0 fully saturated rings. The molecule has 0 saturated heterocycles. The molecule has 0 bridgehead atoms. The molecule has 0 radical (unpaired) electrons. The minimum Gasteiger partial charge on any atom is -0.495 e. The third-order valence-electron chi connectivity index (χ3n) is 2.87. The number of halogens is 3. The Morgan fingerprint density at radius 3 is 2.39 bits per heavy atom. The lowest BCUT2D eigenvalue weighted by atomic mass is 10.0. The average Bonchev–Trinajstić information content (AvgIpc) is 2.35. The van der Waals surface area contributed by atoms with Crippen molar-refractivity contribution in [3.05, 3.63) is 18.2 Å². The first-order valence-electron chi connectivity index (χ1n) is 6.08. The summed E-state index contributed by atoms with van der Waals surface area (Å²) in [5.74, 6) is -1.24. The second kappa shape index (κ2) is 6.34. The minimum atomic E-state index is -4.99. The smallest absolute Gasteiger partial charge is 0.417 e. The van der Waals surface area contributed by atoms with Crippen LogP contribution in [0, 0.1) is 0 Å². The number of hydrogen-bond acceptors (Lipinski definition) is 5. The lowest BCUT2D eigenvalue weighted by Crippen LogP contribution is -2.44. The van der Waals surface area contributed by atoms with Gasteiger partial charge in [-0.15, -0.1) is 0 Å². The number of ether oxygens (including phenoxy) is 1. The summed E-state index contributed by atoms with van der Waals surface area (Å²) in [7, 11) is -2.97. The number of benzene rings is 1. The van der Waals surface area contributed by atoms with Gasteiger partial charge in [-0.25, -0.2) is 13.6 Å². The van der Waals surface area contributed by atoms with Crippen molar-refractivity contribution in [2.24, 2.45) is 5.14 Å². The van der Waals surface area contributed by atoms with Crippen molar-refractivity contribution >= 4 is 21.6 Å². The molecule has 1 aromatic rings. The number of methoxy groups -OCH3 is 1. The van der Waals surface area contributed by atoms with Crippen molar-refractivity contribution in [1.29, 1.82) is 0 Å². The summed E-state index contributed by atoms with van der Waals surface area (Å²) in [5.41, 5.74) is -3.33. The lowest BCUT2D eigenvalue weighted by Gasteiger charge is -2.25. The third-order valence-corrected chi connectivity index (χ3v) is 3.80. The molecule has 0 heterocycles. The van der Waals surface area contributed by atoms with E-state index in [0.717, 1.165) is 6.07 Å². The number of nitrogens with one attached hydrogen (secondary N) is 1. The first kappa shape index (κ1) is 19.2. The summed E-state index contributed by atoms with van der Waals surface area (Å²) in [5, 5.41) is 16.3. The molecule has 1 aromatic carbocycles. The van der Waals surface area contributed by atoms with Gasteiger partial charge in [0, 0.05) is 5.69 Å². The zero-order chi connectivity index (χ0) is 18.1. The molecule has 0 spiro atoms. The van der Waals surface area contributed by atoms with E-state index < -0.39 is 39.0 Å². The number of alkyl halides is 3. The highest BCUT2D eigenvalue weighted by atomic mass is 32.2. The van der Waals surface area contributed by atoms with Gasteiger partial charge in [0.15, 0.2) is 5.60 Å². The average molecular weight is 356 g/mol. The van der Waals surface area contributed by atoms with E-state index >= 15 is 0 Å². The zero-order valence-corrected chi connectivity index (χ0v) is 13.0. The Labute approximate surface area is 130 Å². The van der Waals surface area contributed by atoms with Crippen LogP contribution in [0.15, 0.2) is 23.1 Å². The van der Waals surface area contributed by atoms with E-state index in [1.54, 1.807) is 0 Å². The number of primary sulfonamides is 1. The molecule has 4 N–H and O–H groups in total. The molecular formula is C12H15F3N2O5S. The summed E-state index contributed by atoms with van der Waals surface area (Å²) < 4.78 is 65.1. The highest BCUT2D eigenvalue weighted by molar-refractivity contribution is 7.89. The van der Waals surface area contributed by atoms with E-state index in [4.69, 9.17) is 9.88 Å². The van der Waals surface area contributed by atoms with E-state index in [0.29, 0.717) is 6.92 Å². The third kappa shape index (κ3) is 4.81. The van der Waals surface area contributed by atoms with Gasteiger partial charge >= 0.3 is 6.18 Å². The van der Waals surface area contributed by atoms with Crippen LogP contribution in [0.2, 0.25) is 0 Å². The molecule has 7 nitrogen and oxygen atoms in total. The maximum Gasteiger partial charge on any atom is 0.417 e. The van der Waals surface area contributed by atoms with Gasteiger partial charge in [0.25, 0.3) is 0 Å². The number of amides is 1.